The second-order valence-electron chi connectivity index (χ2n) is 3.93. The lowest BCUT2D eigenvalue weighted by atomic mass is 10.1. The van der Waals surface area contributed by atoms with Gasteiger partial charge in [-0.2, -0.15) is 0 Å². The molecule has 5 heteroatoms. The van der Waals surface area contributed by atoms with E-state index < -0.39 is 11.9 Å². The highest BCUT2D eigenvalue weighted by Gasteiger charge is 2.18. The summed E-state index contributed by atoms with van der Waals surface area (Å²) in [5, 5.41) is 0.917. The molecule has 3 aromatic rings. The highest BCUT2D eigenvalue weighted by Crippen LogP contribution is 2.29. The Morgan fingerprint density at radius 1 is 1.11 bits per heavy atom. The fraction of sp³-hybridized carbons (Fsp3) is 0.0769. The summed E-state index contributed by atoms with van der Waals surface area (Å²) in [5.41, 5.74) is 6.17. The molecule has 0 radical (unpaired) electrons. The van der Waals surface area contributed by atoms with Crippen LogP contribution in [0.25, 0.3) is 11.0 Å². The first kappa shape index (κ1) is 11.3. The number of furan rings is 2. The van der Waals surface area contributed by atoms with Gasteiger partial charge in [0.25, 0.3) is 0 Å². The molecule has 3 nitrogen and oxygen atoms in total. The van der Waals surface area contributed by atoms with Gasteiger partial charge in [0.05, 0.1) is 0 Å². The third kappa shape index (κ3) is 1.79. The molecule has 2 aromatic heterocycles. The standard InChI is InChI=1S/C13H9ClFNO2/c14-11-5-4-9(17-11)12(16)10-6-7-2-1-3-8(15)13(7)18-10/h1-6,12H,16H2. The molecule has 0 amide bonds. The number of para-hydroxylation sites is 1. The number of rotatable bonds is 2. The smallest absolute Gasteiger partial charge is 0.193 e. The van der Waals surface area contributed by atoms with Crippen molar-refractivity contribution < 1.29 is 13.2 Å². The predicted octanol–water partition coefficient (Wildman–Crippen LogP) is 3.87. The third-order valence-corrected chi connectivity index (χ3v) is 2.93. The lowest BCUT2D eigenvalue weighted by Gasteiger charge is -2.03. The van der Waals surface area contributed by atoms with Crippen molar-refractivity contribution in [2.75, 3.05) is 0 Å². The van der Waals surface area contributed by atoms with Crippen molar-refractivity contribution >= 4 is 22.6 Å². The summed E-state index contributed by atoms with van der Waals surface area (Å²) in [6, 6.07) is 9.06. The maximum atomic E-state index is 13.5. The van der Waals surface area contributed by atoms with Crippen LogP contribution in [0.15, 0.2) is 45.2 Å². The Labute approximate surface area is 107 Å². The second kappa shape index (κ2) is 4.15. The van der Waals surface area contributed by atoms with E-state index in [1.165, 1.54) is 6.07 Å². The largest absolute Gasteiger partial charge is 0.456 e. The summed E-state index contributed by atoms with van der Waals surface area (Å²) in [5.74, 6) is 0.490. The number of hydrogen-bond donors (Lipinski definition) is 1. The van der Waals surface area contributed by atoms with Gasteiger partial charge in [-0.3, -0.25) is 0 Å². The van der Waals surface area contributed by atoms with Crippen LogP contribution in [0, 0.1) is 5.82 Å². The van der Waals surface area contributed by atoms with Crippen LogP contribution in [0.1, 0.15) is 17.6 Å². The molecule has 2 N–H and O–H groups in total. The Hall–Kier alpha value is -1.78. The first-order valence-corrected chi connectivity index (χ1v) is 5.72. The highest BCUT2D eigenvalue weighted by atomic mass is 35.5. The van der Waals surface area contributed by atoms with Crippen molar-refractivity contribution in [3.63, 3.8) is 0 Å². The molecule has 0 aliphatic rings. The lowest BCUT2D eigenvalue weighted by Crippen LogP contribution is -2.09. The van der Waals surface area contributed by atoms with Crippen LogP contribution in [0.3, 0.4) is 0 Å². The minimum Gasteiger partial charge on any atom is -0.456 e. The van der Waals surface area contributed by atoms with Crippen molar-refractivity contribution in [3.8, 4) is 0 Å². The van der Waals surface area contributed by atoms with Gasteiger partial charge in [-0.1, -0.05) is 12.1 Å². The van der Waals surface area contributed by atoms with E-state index in [0.29, 0.717) is 16.9 Å². The van der Waals surface area contributed by atoms with Gasteiger partial charge in [0, 0.05) is 5.39 Å². The normalized spacial score (nSPS) is 13.1. The fourth-order valence-corrected chi connectivity index (χ4v) is 1.99. The van der Waals surface area contributed by atoms with E-state index in [9.17, 15) is 4.39 Å². The van der Waals surface area contributed by atoms with Crippen molar-refractivity contribution in [1.82, 2.24) is 0 Å². The fourth-order valence-electron chi connectivity index (χ4n) is 1.84. The van der Waals surface area contributed by atoms with Gasteiger partial charge in [0.15, 0.2) is 16.6 Å². The number of benzene rings is 1. The Kier molecular flexibility index (Phi) is 2.61. The average Bonchev–Trinajstić information content (AvgIpc) is 2.95. The van der Waals surface area contributed by atoms with E-state index in [2.05, 4.69) is 0 Å². The molecular formula is C13H9ClFNO2. The molecule has 1 aromatic carbocycles. The van der Waals surface area contributed by atoms with E-state index in [1.807, 2.05) is 0 Å². The first-order chi connectivity index (χ1) is 8.65. The summed E-state index contributed by atoms with van der Waals surface area (Å²) < 4.78 is 24.1. The van der Waals surface area contributed by atoms with Crippen LogP contribution >= 0.6 is 11.6 Å². The molecule has 0 aliphatic carbocycles. The maximum Gasteiger partial charge on any atom is 0.193 e. The number of nitrogens with two attached hydrogens (primary N) is 1. The molecule has 2 heterocycles. The van der Waals surface area contributed by atoms with Crippen LogP contribution in [-0.2, 0) is 0 Å². The monoisotopic (exact) mass is 265 g/mol. The van der Waals surface area contributed by atoms with Gasteiger partial charge in [-0.15, -0.1) is 0 Å². The van der Waals surface area contributed by atoms with Crippen LogP contribution < -0.4 is 5.73 Å². The van der Waals surface area contributed by atoms with Gasteiger partial charge in [-0.05, 0) is 35.9 Å². The van der Waals surface area contributed by atoms with Crippen molar-refractivity contribution in [1.29, 1.82) is 0 Å². The molecule has 0 saturated heterocycles. The molecule has 0 bridgehead atoms. The van der Waals surface area contributed by atoms with Gasteiger partial charge < -0.3 is 14.6 Å². The lowest BCUT2D eigenvalue weighted by molar-refractivity contribution is 0.441. The van der Waals surface area contributed by atoms with Gasteiger partial charge in [0.1, 0.15) is 17.6 Å². The van der Waals surface area contributed by atoms with Crippen molar-refractivity contribution in [3.05, 3.63) is 59.0 Å². The molecule has 0 aliphatic heterocycles. The Balaban J connectivity index is 2.06. The van der Waals surface area contributed by atoms with E-state index in [-0.39, 0.29) is 10.8 Å². The molecule has 18 heavy (non-hydrogen) atoms. The van der Waals surface area contributed by atoms with E-state index in [1.54, 1.807) is 30.3 Å². The zero-order valence-electron chi connectivity index (χ0n) is 9.19. The summed E-state index contributed by atoms with van der Waals surface area (Å²) in [6.45, 7) is 0. The molecule has 1 unspecified atom stereocenters. The average molecular weight is 266 g/mol. The minimum atomic E-state index is -0.607. The predicted molar refractivity (Wildman–Crippen MR) is 65.9 cm³/mol. The Morgan fingerprint density at radius 3 is 2.61 bits per heavy atom. The molecule has 0 spiro atoms. The third-order valence-electron chi connectivity index (χ3n) is 2.72. The van der Waals surface area contributed by atoms with E-state index in [0.717, 1.165) is 0 Å². The molecule has 92 valence electrons. The van der Waals surface area contributed by atoms with Gasteiger partial charge in [-0.25, -0.2) is 4.39 Å². The molecule has 0 fully saturated rings. The highest BCUT2D eigenvalue weighted by molar-refractivity contribution is 6.28. The number of halogens is 2. The SMILES string of the molecule is NC(c1ccc(Cl)o1)c1cc2cccc(F)c2o1. The Bertz CT molecular complexity index is 704. The molecule has 1 atom stereocenters. The van der Waals surface area contributed by atoms with Crippen LogP contribution in [0.5, 0.6) is 0 Å². The van der Waals surface area contributed by atoms with Crippen molar-refractivity contribution in [2.24, 2.45) is 5.73 Å². The van der Waals surface area contributed by atoms with Gasteiger partial charge >= 0.3 is 0 Å². The van der Waals surface area contributed by atoms with E-state index in [4.69, 9.17) is 26.2 Å². The summed E-state index contributed by atoms with van der Waals surface area (Å²) in [7, 11) is 0. The van der Waals surface area contributed by atoms with Crippen LogP contribution in [0.4, 0.5) is 4.39 Å². The quantitative estimate of drug-likeness (QED) is 0.765. The first-order valence-electron chi connectivity index (χ1n) is 5.34. The van der Waals surface area contributed by atoms with Crippen LogP contribution in [0.2, 0.25) is 5.22 Å². The molecule has 0 saturated carbocycles. The Morgan fingerprint density at radius 2 is 1.94 bits per heavy atom. The minimum absolute atomic E-state index is 0.195. The summed E-state index contributed by atoms with van der Waals surface area (Å²) >= 11 is 5.68. The van der Waals surface area contributed by atoms with Gasteiger partial charge in [0.2, 0.25) is 0 Å². The number of hydrogen-bond acceptors (Lipinski definition) is 3. The van der Waals surface area contributed by atoms with Crippen molar-refractivity contribution in [2.45, 2.75) is 6.04 Å². The van der Waals surface area contributed by atoms with Crippen LogP contribution in [-0.4, -0.2) is 0 Å². The van der Waals surface area contributed by atoms with E-state index >= 15 is 0 Å². The second-order valence-corrected chi connectivity index (χ2v) is 4.30. The zero-order chi connectivity index (χ0) is 12.7. The maximum absolute atomic E-state index is 13.5. The number of fused-ring (bicyclic) bond motifs is 1. The molecule has 3 rings (SSSR count). The molecular weight excluding hydrogens is 257 g/mol. The topological polar surface area (TPSA) is 52.3 Å². The summed E-state index contributed by atoms with van der Waals surface area (Å²) in [4.78, 5) is 0. The summed E-state index contributed by atoms with van der Waals surface area (Å²) in [6.07, 6.45) is 0. The zero-order valence-corrected chi connectivity index (χ0v) is 9.95.